The fourth-order valence-corrected chi connectivity index (χ4v) is 3.90. The molecule has 0 unspecified atom stereocenters. The number of aromatic nitrogens is 3. The van der Waals surface area contributed by atoms with E-state index in [9.17, 15) is 8.42 Å². The van der Waals surface area contributed by atoms with Crippen LogP contribution in [-0.2, 0) is 9.84 Å². The van der Waals surface area contributed by atoms with Gasteiger partial charge in [0.25, 0.3) is 0 Å². The van der Waals surface area contributed by atoms with Crippen molar-refractivity contribution in [2.45, 2.75) is 17.3 Å². The third-order valence-electron chi connectivity index (χ3n) is 1.73. The average Bonchev–Trinajstić information content (AvgIpc) is 2.59. The first-order chi connectivity index (χ1) is 6.55. The molecular formula is C7H9N3O2S2. The molecule has 0 amide bonds. The molecule has 0 bridgehead atoms. The Balaban J connectivity index is 2.05. The summed E-state index contributed by atoms with van der Waals surface area (Å²) in [5, 5.41) is 8.42. The zero-order valence-corrected chi connectivity index (χ0v) is 9.10. The lowest BCUT2D eigenvalue weighted by Gasteiger charge is -2.00. The summed E-state index contributed by atoms with van der Waals surface area (Å²) in [6, 6.07) is 0. The van der Waals surface area contributed by atoms with Gasteiger partial charge in [0.1, 0.15) is 5.82 Å². The molecule has 0 fully saturated rings. The molecule has 14 heavy (non-hydrogen) atoms. The van der Waals surface area contributed by atoms with Crippen molar-refractivity contribution in [3.8, 4) is 0 Å². The van der Waals surface area contributed by atoms with Gasteiger partial charge in [-0.2, -0.15) is 0 Å². The lowest BCUT2D eigenvalue weighted by Crippen LogP contribution is -2.06. The van der Waals surface area contributed by atoms with Crippen molar-refractivity contribution >= 4 is 21.6 Å². The van der Waals surface area contributed by atoms with Gasteiger partial charge in [-0.05, 0) is 6.92 Å². The Kier molecular flexibility index (Phi) is 2.36. The van der Waals surface area contributed by atoms with E-state index in [1.807, 2.05) is 0 Å². The maximum absolute atomic E-state index is 11.1. The van der Waals surface area contributed by atoms with Crippen LogP contribution in [0.4, 0.5) is 0 Å². The molecule has 0 aliphatic carbocycles. The van der Waals surface area contributed by atoms with Gasteiger partial charge in [-0.25, -0.2) is 13.4 Å². The second kappa shape index (κ2) is 3.39. The van der Waals surface area contributed by atoms with E-state index in [1.54, 1.807) is 13.0 Å². The quantitative estimate of drug-likeness (QED) is 0.803. The van der Waals surface area contributed by atoms with Crippen molar-refractivity contribution < 1.29 is 8.42 Å². The van der Waals surface area contributed by atoms with Crippen LogP contribution in [0.5, 0.6) is 0 Å². The van der Waals surface area contributed by atoms with Crippen molar-refractivity contribution in [3.63, 3.8) is 0 Å². The van der Waals surface area contributed by atoms with Crippen LogP contribution < -0.4 is 0 Å². The van der Waals surface area contributed by atoms with E-state index in [2.05, 4.69) is 15.2 Å². The monoisotopic (exact) mass is 231 g/mol. The third-order valence-corrected chi connectivity index (χ3v) is 4.36. The van der Waals surface area contributed by atoms with Gasteiger partial charge < -0.3 is 0 Å². The largest absolute Gasteiger partial charge is 0.262 e. The first kappa shape index (κ1) is 9.72. The Bertz CT molecular complexity index is 463. The minimum Gasteiger partial charge on any atom is -0.262 e. The number of aryl methyl sites for hydroxylation is 1. The van der Waals surface area contributed by atoms with Gasteiger partial charge in [-0.1, -0.05) is 17.8 Å². The lowest BCUT2D eigenvalue weighted by atomic mass is 10.5. The predicted octanol–water partition coefficient (Wildman–Crippen LogP) is 0.516. The van der Waals surface area contributed by atoms with Gasteiger partial charge in [-0.15, -0.1) is 5.10 Å². The highest BCUT2D eigenvalue weighted by molar-refractivity contribution is 8.02. The van der Waals surface area contributed by atoms with Gasteiger partial charge in [-0.3, -0.25) is 5.10 Å². The highest BCUT2D eigenvalue weighted by atomic mass is 32.2. The van der Waals surface area contributed by atoms with E-state index < -0.39 is 9.84 Å². The number of hydrogen-bond donors (Lipinski definition) is 1. The Morgan fingerprint density at radius 3 is 2.93 bits per heavy atom. The molecule has 0 aromatic carbocycles. The average molecular weight is 231 g/mol. The summed E-state index contributed by atoms with van der Waals surface area (Å²) in [6.45, 7) is 1.80. The van der Waals surface area contributed by atoms with Crippen LogP contribution in [0.3, 0.4) is 0 Å². The van der Waals surface area contributed by atoms with Crippen molar-refractivity contribution in [2.75, 3.05) is 5.75 Å². The summed E-state index contributed by atoms with van der Waals surface area (Å²) in [5.74, 6) is 0.878. The lowest BCUT2D eigenvalue weighted by molar-refractivity contribution is 0.606. The second-order valence-corrected chi connectivity index (χ2v) is 6.16. The van der Waals surface area contributed by atoms with Crippen LogP contribution in [0.15, 0.2) is 16.6 Å². The number of nitrogens with zero attached hydrogens (tertiary/aromatic N) is 2. The third kappa shape index (κ3) is 2.16. The van der Waals surface area contributed by atoms with E-state index in [-0.39, 0.29) is 11.0 Å². The smallest absolute Gasteiger partial charge is 0.209 e. The van der Waals surface area contributed by atoms with Crippen molar-refractivity contribution in [1.29, 1.82) is 0 Å². The van der Waals surface area contributed by atoms with Crippen LogP contribution in [0.25, 0.3) is 0 Å². The fourth-order valence-electron chi connectivity index (χ4n) is 1.13. The standard InChI is InChI=1S/C7H9N3O2S2/c1-5-8-7(10-9-5)13-6-2-3-14(11,12)4-6/h2-3,6H,4H2,1H3,(H,8,9,10)/t6-/m1/s1. The molecule has 0 saturated heterocycles. The fraction of sp³-hybridized carbons (Fsp3) is 0.429. The van der Waals surface area contributed by atoms with E-state index in [4.69, 9.17) is 0 Å². The molecule has 2 heterocycles. The minimum atomic E-state index is -2.98. The Hall–Kier alpha value is -0.820. The molecule has 0 saturated carbocycles. The second-order valence-electron chi connectivity index (χ2n) is 3.02. The van der Waals surface area contributed by atoms with Crippen LogP contribution >= 0.6 is 11.8 Å². The van der Waals surface area contributed by atoms with Crippen LogP contribution in [0, 0.1) is 6.92 Å². The normalized spacial score (nSPS) is 24.2. The molecule has 0 spiro atoms. The highest BCUT2D eigenvalue weighted by Gasteiger charge is 2.23. The number of rotatable bonds is 2. The van der Waals surface area contributed by atoms with Gasteiger partial charge >= 0.3 is 0 Å². The molecule has 5 nitrogen and oxygen atoms in total. The predicted molar refractivity (Wildman–Crippen MR) is 53.7 cm³/mol. The Morgan fingerprint density at radius 2 is 2.43 bits per heavy atom. The topological polar surface area (TPSA) is 75.7 Å². The van der Waals surface area contributed by atoms with E-state index in [0.717, 1.165) is 5.82 Å². The molecule has 1 N–H and O–H groups in total. The molecule has 1 aromatic rings. The van der Waals surface area contributed by atoms with Crippen molar-refractivity contribution in [1.82, 2.24) is 15.2 Å². The molecular weight excluding hydrogens is 222 g/mol. The molecule has 1 aliphatic heterocycles. The number of thioether (sulfide) groups is 1. The molecule has 1 aliphatic rings. The van der Waals surface area contributed by atoms with Crippen molar-refractivity contribution in [3.05, 3.63) is 17.3 Å². The number of sulfone groups is 1. The summed E-state index contributed by atoms with van der Waals surface area (Å²) in [5.41, 5.74) is 0. The van der Waals surface area contributed by atoms with E-state index >= 15 is 0 Å². The van der Waals surface area contributed by atoms with Gasteiger partial charge in [0.05, 0.1) is 5.75 Å². The van der Waals surface area contributed by atoms with Gasteiger partial charge in [0.2, 0.25) is 5.16 Å². The van der Waals surface area contributed by atoms with Crippen molar-refractivity contribution in [2.24, 2.45) is 0 Å². The van der Waals surface area contributed by atoms with E-state index in [1.165, 1.54) is 17.2 Å². The minimum absolute atomic E-state index is 0.0600. The summed E-state index contributed by atoms with van der Waals surface area (Å²) in [7, 11) is -2.98. The van der Waals surface area contributed by atoms with Gasteiger partial charge in [0, 0.05) is 10.7 Å². The van der Waals surface area contributed by atoms with E-state index in [0.29, 0.717) is 5.16 Å². The van der Waals surface area contributed by atoms with Crippen LogP contribution in [-0.4, -0.2) is 34.6 Å². The van der Waals surface area contributed by atoms with Gasteiger partial charge in [0.15, 0.2) is 9.84 Å². The maximum atomic E-state index is 11.1. The molecule has 1 aromatic heterocycles. The first-order valence-corrected chi connectivity index (χ1v) is 6.61. The van der Waals surface area contributed by atoms with Crippen LogP contribution in [0.1, 0.15) is 5.82 Å². The Labute approximate surface area is 85.9 Å². The summed E-state index contributed by atoms with van der Waals surface area (Å²) in [6.07, 6.45) is 1.67. The molecule has 7 heteroatoms. The van der Waals surface area contributed by atoms with Crippen LogP contribution in [0.2, 0.25) is 0 Å². The molecule has 2 rings (SSSR count). The SMILES string of the molecule is Cc1nc(S[C@@H]2C=CS(=O)(=O)C2)n[nH]1. The molecule has 1 atom stereocenters. The first-order valence-electron chi connectivity index (χ1n) is 4.02. The summed E-state index contributed by atoms with van der Waals surface area (Å²) < 4.78 is 22.2. The number of hydrogen-bond acceptors (Lipinski definition) is 5. The number of H-pyrrole nitrogens is 1. The molecule has 76 valence electrons. The maximum Gasteiger partial charge on any atom is 0.209 e. The highest BCUT2D eigenvalue weighted by Crippen LogP contribution is 2.26. The Morgan fingerprint density at radius 1 is 1.64 bits per heavy atom. The zero-order chi connectivity index (χ0) is 10.2. The number of nitrogens with one attached hydrogen (secondary N) is 1. The zero-order valence-electron chi connectivity index (χ0n) is 7.47. The summed E-state index contributed by atoms with van der Waals surface area (Å²) >= 11 is 1.35. The molecule has 0 radical (unpaired) electrons. The summed E-state index contributed by atoms with van der Waals surface area (Å²) in [4.78, 5) is 4.09. The number of aromatic amines is 1.